The van der Waals surface area contributed by atoms with E-state index in [0.29, 0.717) is 0 Å². The Morgan fingerprint density at radius 2 is 1.21 bits per heavy atom. The zero-order valence-corrected chi connectivity index (χ0v) is 25.5. The topological polar surface area (TPSA) is 287 Å². The third-order valence-electron chi connectivity index (χ3n) is 9.37. The number of ether oxygens (including phenoxy) is 4. The minimum absolute atomic E-state index is 0.0721. The minimum atomic E-state index is -1.67. The van der Waals surface area contributed by atoms with E-state index in [1.165, 1.54) is 0 Å². The summed E-state index contributed by atoms with van der Waals surface area (Å²) < 4.78 is 23.5. The molecule has 2 aromatic carbocycles. The molecule has 15 N–H and O–H groups in total. The predicted molar refractivity (Wildman–Crippen MR) is 168 cm³/mol. The summed E-state index contributed by atoms with van der Waals surface area (Å²) in [5.41, 5.74) is 26.8. The van der Waals surface area contributed by atoms with Crippen molar-refractivity contribution >= 4 is 27.5 Å². The van der Waals surface area contributed by atoms with Gasteiger partial charge in [-0.05, 0) is 18.6 Å². The lowest BCUT2D eigenvalue weighted by molar-refractivity contribution is -0.330. The number of aromatic nitrogens is 1. The smallest absolute Gasteiger partial charge is 0.187 e. The Bertz CT molecular complexity index is 1470. The van der Waals surface area contributed by atoms with Crippen LogP contribution in [0.5, 0.6) is 0 Å². The molecule has 0 bridgehead atoms. The number of rotatable bonds is 8. The quantitative estimate of drug-likeness (QED) is 0.105. The Kier molecular flexibility index (Phi) is 10.2. The number of para-hydroxylation sites is 2. The van der Waals surface area contributed by atoms with Crippen LogP contribution in [0.1, 0.15) is 6.42 Å². The van der Waals surface area contributed by atoms with Crippen LogP contribution in [0.4, 0.5) is 5.69 Å². The lowest BCUT2D eigenvalue weighted by Gasteiger charge is -2.48. The van der Waals surface area contributed by atoms with Crippen LogP contribution >= 0.6 is 0 Å². The highest BCUT2D eigenvalue weighted by atomic mass is 16.7. The maximum atomic E-state index is 11.4. The van der Waals surface area contributed by atoms with Crippen molar-refractivity contribution in [1.82, 2.24) is 4.98 Å². The summed E-state index contributed by atoms with van der Waals surface area (Å²) >= 11 is 0. The third kappa shape index (κ3) is 6.55. The molecule has 15 atom stereocenters. The van der Waals surface area contributed by atoms with Gasteiger partial charge >= 0.3 is 0 Å². The molecular weight excluding hydrogens is 616 g/mol. The fourth-order valence-electron chi connectivity index (χ4n) is 6.65. The molecule has 6 rings (SSSR count). The van der Waals surface area contributed by atoms with Gasteiger partial charge in [0.2, 0.25) is 0 Å². The second-order valence-corrected chi connectivity index (χ2v) is 12.5. The molecule has 3 aromatic rings. The SMILES string of the molecule is NC[C@H]1O[C@H](O[C@H]2[C@H](O)[C@@H](O[C@H]3O[C@H](CNc4c5ccccc5nc5ccccc45)[C@@H](O)[C@H](N)[C@H]3O)[C@H](N)C[C@@H]2N)[C@H](O)[C@@H](O)[C@@H]1O. The molecule has 0 spiro atoms. The largest absolute Gasteiger partial charge is 0.389 e. The zero-order valence-electron chi connectivity index (χ0n) is 25.5. The number of nitrogens with two attached hydrogens (primary N) is 4. The van der Waals surface area contributed by atoms with Crippen LogP contribution in [0.25, 0.3) is 21.8 Å². The van der Waals surface area contributed by atoms with Gasteiger partial charge in [0.1, 0.15) is 54.9 Å². The summed E-state index contributed by atoms with van der Waals surface area (Å²) in [6, 6.07) is 12.4. The van der Waals surface area contributed by atoms with Crippen LogP contribution in [0.15, 0.2) is 48.5 Å². The van der Waals surface area contributed by atoms with Crippen molar-refractivity contribution in [3.05, 3.63) is 48.5 Å². The number of nitrogens with one attached hydrogen (secondary N) is 1. The number of aliphatic hydroxyl groups excluding tert-OH is 6. The van der Waals surface area contributed by atoms with Gasteiger partial charge in [-0.2, -0.15) is 0 Å². The van der Waals surface area contributed by atoms with E-state index >= 15 is 0 Å². The molecule has 16 nitrogen and oxygen atoms in total. The molecule has 0 amide bonds. The van der Waals surface area contributed by atoms with Crippen LogP contribution < -0.4 is 28.3 Å². The van der Waals surface area contributed by atoms with Gasteiger partial charge in [0.25, 0.3) is 0 Å². The fraction of sp³-hybridized carbons (Fsp3) is 0.581. The monoisotopic (exact) mass is 660 g/mol. The Balaban J connectivity index is 1.18. The number of hydrogen-bond donors (Lipinski definition) is 11. The number of aliphatic hydroxyl groups is 6. The third-order valence-corrected chi connectivity index (χ3v) is 9.37. The van der Waals surface area contributed by atoms with Crippen molar-refractivity contribution in [1.29, 1.82) is 0 Å². The standard InChI is InChI=1S/C31H44N6O10/c32-10-18-23(39)25(41)26(42)31(44-18)47-29-15(34)9-14(33)28(27(29)43)46-30-24(40)20(35)22(38)19(45-30)11-36-21-12-5-1-3-7-16(12)37-17-8-4-2-6-13(17)21/h1-8,14-15,18-20,22-31,38-43H,9-11,32-35H2,(H,36,37)/t14-,15+,18-,19-,20+,22-,23-,24-,25+,26-,27-,28+,29-,30-,31-/m1/s1. The Morgan fingerprint density at radius 1 is 0.681 bits per heavy atom. The van der Waals surface area contributed by atoms with Crippen molar-refractivity contribution < 1.29 is 49.6 Å². The summed E-state index contributed by atoms with van der Waals surface area (Å²) in [6.45, 7) is -0.101. The molecule has 0 unspecified atom stereocenters. The van der Waals surface area contributed by atoms with Crippen molar-refractivity contribution in [3.8, 4) is 0 Å². The molecule has 47 heavy (non-hydrogen) atoms. The van der Waals surface area contributed by atoms with Crippen LogP contribution in [0.2, 0.25) is 0 Å². The minimum Gasteiger partial charge on any atom is -0.389 e. The summed E-state index contributed by atoms with van der Waals surface area (Å²) in [7, 11) is 0. The second-order valence-electron chi connectivity index (χ2n) is 12.5. The van der Waals surface area contributed by atoms with E-state index in [0.717, 1.165) is 27.5 Å². The molecule has 3 aliphatic rings. The highest BCUT2D eigenvalue weighted by Crippen LogP contribution is 2.33. The van der Waals surface area contributed by atoms with Crippen molar-refractivity contribution in [2.24, 2.45) is 22.9 Å². The molecule has 1 aromatic heterocycles. The number of nitrogens with zero attached hydrogens (tertiary/aromatic N) is 1. The molecule has 2 saturated heterocycles. The Labute approximate surface area is 270 Å². The average Bonchev–Trinajstić information content (AvgIpc) is 3.07. The van der Waals surface area contributed by atoms with Crippen LogP contribution in [-0.4, -0.2) is 140 Å². The highest BCUT2D eigenvalue weighted by molar-refractivity contribution is 6.07. The molecule has 3 fully saturated rings. The highest BCUT2D eigenvalue weighted by Gasteiger charge is 2.51. The summed E-state index contributed by atoms with van der Waals surface area (Å²) in [5, 5.41) is 69.3. The van der Waals surface area contributed by atoms with Gasteiger partial charge in [0.15, 0.2) is 12.6 Å². The molecule has 16 heteroatoms. The van der Waals surface area contributed by atoms with E-state index in [-0.39, 0.29) is 19.5 Å². The van der Waals surface area contributed by atoms with Crippen LogP contribution in [0, 0.1) is 0 Å². The van der Waals surface area contributed by atoms with E-state index in [1.54, 1.807) is 0 Å². The van der Waals surface area contributed by atoms with Gasteiger partial charge in [0.05, 0.1) is 28.9 Å². The number of pyridine rings is 1. The average molecular weight is 661 g/mol. The van der Waals surface area contributed by atoms with Gasteiger partial charge in [-0.1, -0.05) is 36.4 Å². The number of hydrogen-bond acceptors (Lipinski definition) is 16. The van der Waals surface area contributed by atoms with Crippen molar-refractivity contribution in [2.75, 3.05) is 18.4 Å². The number of fused-ring (bicyclic) bond motifs is 2. The van der Waals surface area contributed by atoms with Gasteiger partial charge in [-0.3, -0.25) is 0 Å². The Morgan fingerprint density at radius 3 is 1.79 bits per heavy atom. The first-order valence-corrected chi connectivity index (χ1v) is 15.7. The van der Waals surface area contributed by atoms with Crippen molar-refractivity contribution in [3.63, 3.8) is 0 Å². The first-order chi connectivity index (χ1) is 22.5. The van der Waals surface area contributed by atoms with E-state index < -0.39 is 91.7 Å². The molecule has 258 valence electrons. The Hall–Kier alpha value is -2.65. The van der Waals surface area contributed by atoms with Crippen molar-refractivity contribution in [2.45, 2.75) is 98.2 Å². The van der Waals surface area contributed by atoms with Gasteiger partial charge < -0.3 is 77.8 Å². The summed E-state index contributed by atoms with van der Waals surface area (Å²) in [4.78, 5) is 4.73. The first kappa shape index (κ1) is 34.2. The first-order valence-electron chi connectivity index (χ1n) is 15.7. The lowest BCUT2D eigenvalue weighted by atomic mass is 9.84. The van der Waals surface area contributed by atoms with Gasteiger partial charge in [0, 0.05) is 35.9 Å². The van der Waals surface area contributed by atoms with Gasteiger partial charge in [-0.25, -0.2) is 4.98 Å². The summed E-state index contributed by atoms with van der Waals surface area (Å²) in [6.07, 6.45) is -16.3. The molecule has 1 aliphatic carbocycles. The van der Waals surface area contributed by atoms with E-state index in [1.807, 2.05) is 48.5 Å². The fourth-order valence-corrected chi connectivity index (χ4v) is 6.65. The molecule has 1 saturated carbocycles. The van der Waals surface area contributed by atoms with Crippen LogP contribution in [0.3, 0.4) is 0 Å². The number of benzene rings is 2. The maximum absolute atomic E-state index is 11.4. The molecule has 3 heterocycles. The summed E-state index contributed by atoms with van der Waals surface area (Å²) in [5.74, 6) is 0. The number of anilines is 1. The maximum Gasteiger partial charge on any atom is 0.187 e. The van der Waals surface area contributed by atoms with Gasteiger partial charge in [-0.15, -0.1) is 0 Å². The van der Waals surface area contributed by atoms with Crippen LogP contribution in [-0.2, 0) is 18.9 Å². The lowest BCUT2D eigenvalue weighted by Crippen LogP contribution is -2.68. The second kappa shape index (κ2) is 14.1. The normalized spacial score (nSPS) is 41.3. The molecule has 0 radical (unpaired) electrons. The zero-order chi connectivity index (χ0) is 33.6. The van der Waals surface area contributed by atoms with E-state index in [4.69, 9.17) is 46.9 Å². The molecular formula is C31H44N6O10. The van der Waals surface area contributed by atoms with E-state index in [9.17, 15) is 30.6 Å². The predicted octanol–water partition coefficient (Wildman–Crippen LogP) is -3.47. The molecule has 2 aliphatic heterocycles. The van der Waals surface area contributed by atoms with E-state index in [2.05, 4.69) is 5.32 Å².